The molecule has 2 N–H and O–H groups in total. The number of nitrogens with one attached hydrogen (secondary N) is 1. The third kappa shape index (κ3) is 4.62. The monoisotopic (exact) mass is 451 g/mol. The molecule has 0 aromatic heterocycles. The number of nitrogens with zero attached hydrogens (tertiary/aromatic N) is 1. The third-order valence-electron chi connectivity index (χ3n) is 7.39. The van der Waals surface area contributed by atoms with Crippen molar-refractivity contribution < 1.29 is 23.9 Å². The molecular formula is C27H35N2O4+. The molecule has 2 atom stereocenters. The molecule has 0 spiro atoms. The lowest BCUT2D eigenvalue weighted by molar-refractivity contribution is -0.903. The van der Waals surface area contributed by atoms with E-state index in [-0.39, 0.29) is 12.5 Å². The van der Waals surface area contributed by atoms with Crippen LogP contribution in [0.5, 0.6) is 0 Å². The number of likely N-dealkylation sites (tertiary alicyclic amines) is 1. The van der Waals surface area contributed by atoms with Crippen LogP contribution in [-0.2, 0) is 9.53 Å². The summed E-state index contributed by atoms with van der Waals surface area (Å²) in [4.78, 5) is 25.2. The fourth-order valence-corrected chi connectivity index (χ4v) is 6.19. The Balaban J connectivity index is 1.50. The third-order valence-corrected chi connectivity index (χ3v) is 7.39. The van der Waals surface area contributed by atoms with E-state index in [4.69, 9.17) is 4.74 Å². The van der Waals surface area contributed by atoms with Crippen molar-refractivity contribution in [3.8, 4) is 11.1 Å². The lowest BCUT2D eigenvalue weighted by atomic mass is 9.70. The van der Waals surface area contributed by atoms with Gasteiger partial charge in [0.25, 0.3) is 0 Å². The SMILES string of the molecule is CCC[C@@]1([C@H](NC(=O)OCC2c3ccccc3-c3ccccc32)C(=O)O)CCC[N+](C)(C)C1. The second-order valence-electron chi connectivity index (χ2n) is 10.3. The van der Waals surface area contributed by atoms with Gasteiger partial charge in [-0.1, -0.05) is 61.9 Å². The molecular weight excluding hydrogens is 416 g/mol. The van der Waals surface area contributed by atoms with Crippen molar-refractivity contribution in [3.05, 3.63) is 59.7 Å². The summed E-state index contributed by atoms with van der Waals surface area (Å²) < 4.78 is 6.43. The van der Waals surface area contributed by atoms with Gasteiger partial charge in [0.1, 0.15) is 12.6 Å². The molecule has 1 saturated heterocycles. The first kappa shape index (κ1) is 23.3. The highest BCUT2D eigenvalue weighted by Crippen LogP contribution is 2.44. The average molecular weight is 452 g/mol. The Morgan fingerprint density at radius 2 is 1.73 bits per heavy atom. The Morgan fingerprint density at radius 1 is 1.12 bits per heavy atom. The Morgan fingerprint density at radius 3 is 2.27 bits per heavy atom. The maximum atomic E-state index is 12.9. The first-order chi connectivity index (χ1) is 15.8. The van der Waals surface area contributed by atoms with Crippen LogP contribution in [0.4, 0.5) is 4.79 Å². The van der Waals surface area contributed by atoms with Crippen LogP contribution < -0.4 is 5.32 Å². The van der Waals surface area contributed by atoms with E-state index in [0.717, 1.165) is 65.5 Å². The van der Waals surface area contributed by atoms with Crippen LogP contribution >= 0.6 is 0 Å². The van der Waals surface area contributed by atoms with Crippen molar-refractivity contribution in [1.29, 1.82) is 0 Å². The van der Waals surface area contributed by atoms with Crippen molar-refractivity contribution in [3.63, 3.8) is 0 Å². The molecule has 1 aliphatic heterocycles. The number of benzene rings is 2. The van der Waals surface area contributed by atoms with Gasteiger partial charge in [0.2, 0.25) is 0 Å². The van der Waals surface area contributed by atoms with Gasteiger partial charge in [0.15, 0.2) is 0 Å². The first-order valence-corrected chi connectivity index (χ1v) is 11.9. The minimum Gasteiger partial charge on any atom is -0.480 e. The van der Waals surface area contributed by atoms with Gasteiger partial charge in [0.05, 0.1) is 32.6 Å². The van der Waals surface area contributed by atoms with Gasteiger partial charge in [-0.25, -0.2) is 9.59 Å². The van der Waals surface area contributed by atoms with Crippen LogP contribution in [0.25, 0.3) is 11.1 Å². The van der Waals surface area contributed by atoms with E-state index >= 15 is 0 Å². The van der Waals surface area contributed by atoms with Gasteiger partial charge in [-0.3, -0.25) is 0 Å². The fraction of sp³-hybridized carbons (Fsp3) is 0.481. The van der Waals surface area contributed by atoms with Crippen molar-refractivity contribution >= 4 is 12.1 Å². The minimum atomic E-state index is -0.987. The van der Waals surface area contributed by atoms with Gasteiger partial charge in [-0.2, -0.15) is 0 Å². The molecule has 2 aromatic carbocycles. The summed E-state index contributed by atoms with van der Waals surface area (Å²) in [6.45, 7) is 3.99. The molecule has 1 fully saturated rings. The number of carbonyl (C=O) groups excluding carboxylic acids is 1. The quantitative estimate of drug-likeness (QED) is 0.602. The summed E-state index contributed by atoms with van der Waals surface area (Å²) in [5, 5.41) is 12.9. The summed E-state index contributed by atoms with van der Waals surface area (Å²) >= 11 is 0. The number of fused-ring (bicyclic) bond motifs is 3. The fourth-order valence-electron chi connectivity index (χ4n) is 6.19. The number of quaternary nitrogens is 1. The number of aliphatic carboxylic acids is 1. The van der Waals surface area contributed by atoms with Crippen LogP contribution in [0.15, 0.2) is 48.5 Å². The molecule has 2 aromatic rings. The predicted molar refractivity (Wildman–Crippen MR) is 128 cm³/mol. The van der Waals surface area contributed by atoms with Gasteiger partial charge >= 0.3 is 12.1 Å². The Hall–Kier alpha value is -2.86. The molecule has 6 heteroatoms. The topological polar surface area (TPSA) is 75.6 Å². The number of ether oxygens (including phenoxy) is 1. The Bertz CT molecular complexity index is 985. The van der Waals surface area contributed by atoms with E-state index in [0.29, 0.717) is 0 Å². The number of hydrogen-bond acceptors (Lipinski definition) is 3. The van der Waals surface area contributed by atoms with Gasteiger partial charge < -0.3 is 19.6 Å². The highest BCUT2D eigenvalue weighted by Gasteiger charge is 2.50. The van der Waals surface area contributed by atoms with E-state index in [1.807, 2.05) is 24.3 Å². The van der Waals surface area contributed by atoms with Crippen molar-refractivity contribution in [2.24, 2.45) is 5.41 Å². The number of carboxylic acid groups (broad SMARTS) is 1. The zero-order chi connectivity index (χ0) is 23.6. The molecule has 1 amide bonds. The molecule has 6 nitrogen and oxygen atoms in total. The maximum absolute atomic E-state index is 12.9. The predicted octanol–water partition coefficient (Wildman–Crippen LogP) is 4.64. The summed E-state index contributed by atoms with van der Waals surface area (Å²) in [6.07, 6.45) is 2.72. The lowest BCUT2D eigenvalue weighted by Gasteiger charge is -2.48. The number of hydrogen-bond donors (Lipinski definition) is 2. The number of piperidine rings is 1. The number of carbonyl (C=O) groups is 2. The van der Waals surface area contributed by atoms with Crippen molar-refractivity contribution in [1.82, 2.24) is 5.32 Å². The summed E-state index contributed by atoms with van der Waals surface area (Å²) in [7, 11) is 4.27. The van der Waals surface area contributed by atoms with E-state index < -0.39 is 23.5 Å². The average Bonchev–Trinajstić information content (AvgIpc) is 3.09. The lowest BCUT2D eigenvalue weighted by Crippen LogP contribution is -2.62. The molecule has 4 rings (SSSR count). The minimum absolute atomic E-state index is 0.0543. The smallest absolute Gasteiger partial charge is 0.407 e. The highest BCUT2D eigenvalue weighted by molar-refractivity contribution is 5.81. The largest absolute Gasteiger partial charge is 0.480 e. The van der Waals surface area contributed by atoms with Crippen LogP contribution in [0, 0.1) is 5.41 Å². The van der Waals surface area contributed by atoms with E-state index in [1.54, 1.807) is 0 Å². The molecule has 0 unspecified atom stereocenters. The van der Waals surface area contributed by atoms with Crippen molar-refractivity contribution in [2.45, 2.75) is 44.6 Å². The van der Waals surface area contributed by atoms with Crippen LogP contribution in [0.3, 0.4) is 0 Å². The van der Waals surface area contributed by atoms with E-state index in [2.05, 4.69) is 50.6 Å². The molecule has 1 aliphatic carbocycles. The molecule has 176 valence electrons. The van der Waals surface area contributed by atoms with Crippen LogP contribution in [0.2, 0.25) is 0 Å². The summed E-state index contributed by atoms with van der Waals surface area (Å²) in [5.74, 6) is -1.04. The Kier molecular flexibility index (Phi) is 6.48. The van der Waals surface area contributed by atoms with Crippen LogP contribution in [-0.4, -0.2) is 61.5 Å². The van der Waals surface area contributed by atoms with Gasteiger partial charge in [0, 0.05) is 5.92 Å². The van der Waals surface area contributed by atoms with Crippen LogP contribution in [0.1, 0.15) is 49.7 Å². The van der Waals surface area contributed by atoms with E-state index in [1.165, 1.54) is 0 Å². The Labute approximate surface area is 196 Å². The van der Waals surface area contributed by atoms with Gasteiger partial charge in [-0.15, -0.1) is 0 Å². The second-order valence-corrected chi connectivity index (χ2v) is 10.3. The van der Waals surface area contributed by atoms with Gasteiger partial charge in [-0.05, 0) is 41.5 Å². The standard InChI is InChI=1S/C27H34N2O4/c1-4-14-27(15-9-16-29(2,3)18-27)24(25(30)31)28-26(32)33-17-23-21-12-7-5-10-19(21)20-11-6-8-13-22(20)23/h5-8,10-13,23-24H,4,9,14-18H2,1-3H3,(H-,28,30,31,32)/p+1/t24-,27-/m1/s1. The highest BCUT2D eigenvalue weighted by atomic mass is 16.5. The summed E-state index contributed by atoms with van der Waals surface area (Å²) in [5.41, 5.74) is 4.11. The first-order valence-electron chi connectivity index (χ1n) is 11.9. The molecule has 0 radical (unpaired) electrons. The molecule has 0 saturated carbocycles. The second kappa shape index (κ2) is 9.18. The number of alkyl carbamates (subject to hydrolysis) is 1. The van der Waals surface area contributed by atoms with Crippen molar-refractivity contribution in [2.75, 3.05) is 33.8 Å². The number of carboxylic acids is 1. The summed E-state index contributed by atoms with van der Waals surface area (Å²) in [6, 6.07) is 15.4. The number of amides is 1. The van der Waals surface area contributed by atoms with E-state index in [9.17, 15) is 14.7 Å². The maximum Gasteiger partial charge on any atom is 0.407 e. The number of rotatable bonds is 7. The zero-order valence-electron chi connectivity index (χ0n) is 19.8. The normalized spacial score (nSPS) is 22.2. The zero-order valence-corrected chi connectivity index (χ0v) is 19.8. The molecule has 0 bridgehead atoms. The molecule has 2 aliphatic rings. The molecule has 1 heterocycles. The molecule has 33 heavy (non-hydrogen) atoms.